The summed E-state index contributed by atoms with van der Waals surface area (Å²) in [6.45, 7) is 8.76. The molecule has 0 N–H and O–H groups in total. The second-order valence-corrected chi connectivity index (χ2v) is 6.19. The third-order valence-corrected chi connectivity index (χ3v) is 4.44. The maximum absolute atomic E-state index is 12.5. The maximum atomic E-state index is 12.5. The highest BCUT2D eigenvalue weighted by atomic mass is 16.1. The van der Waals surface area contributed by atoms with Crippen molar-refractivity contribution in [2.75, 3.05) is 0 Å². The highest BCUT2D eigenvalue weighted by Gasteiger charge is 2.18. The predicted molar refractivity (Wildman–Crippen MR) is 89.0 cm³/mol. The number of ketones is 1. The van der Waals surface area contributed by atoms with Crippen molar-refractivity contribution in [3.05, 3.63) is 70.8 Å². The van der Waals surface area contributed by atoms with Crippen LogP contribution in [-0.4, -0.2) is 5.78 Å². The molecule has 1 nitrogen and oxygen atoms in total. The van der Waals surface area contributed by atoms with E-state index in [2.05, 4.69) is 39.8 Å². The van der Waals surface area contributed by atoms with E-state index in [0.717, 1.165) is 24.0 Å². The lowest BCUT2D eigenvalue weighted by molar-refractivity contribution is 0.103. The first kappa shape index (κ1) is 15.5. The van der Waals surface area contributed by atoms with Crippen LogP contribution in [0.4, 0.5) is 0 Å². The van der Waals surface area contributed by atoms with Crippen molar-refractivity contribution < 1.29 is 4.79 Å². The lowest BCUT2D eigenvalue weighted by Gasteiger charge is -2.23. The molecule has 21 heavy (non-hydrogen) atoms. The second-order valence-electron chi connectivity index (χ2n) is 6.19. The average molecular weight is 280 g/mol. The van der Waals surface area contributed by atoms with E-state index in [0.29, 0.717) is 0 Å². The predicted octanol–water partition coefficient (Wildman–Crippen LogP) is 5.17. The summed E-state index contributed by atoms with van der Waals surface area (Å²) in [6.07, 6.45) is 2.08. The molecule has 0 amide bonds. The van der Waals surface area contributed by atoms with E-state index < -0.39 is 0 Å². The van der Waals surface area contributed by atoms with Crippen molar-refractivity contribution in [3.8, 4) is 0 Å². The van der Waals surface area contributed by atoms with Crippen molar-refractivity contribution in [2.45, 2.75) is 46.0 Å². The minimum Gasteiger partial charge on any atom is -0.289 e. The van der Waals surface area contributed by atoms with Gasteiger partial charge in [0.15, 0.2) is 5.78 Å². The number of carbonyl (C=O) groups excluding carboxylic acids is 1. The Hall–Kier alpha value is -1.89. The SMILES string of the molecule is CCc1ccc(C(=O)c2ccc(C(C)(C)CC)cc2)cc1. The number of hydrogen-bond donors (Lipinski definition) is 0. The highest BCUT2D eigenvalue weighted by Crippen LogP contribution is 2.27. The zero-order valence-electron chi connectivity index (χ0n) is 13.4. The van der Waals surface area contributed by atoms with Gasteiger partial charge < -0.3 is 0 Å². The van der Waals surface area contributed by atoms with Crippen molar-refractivity contribution in [2.24, 2.45) is 0 Å². The fourth-order valence-corrected chi connectivity index (χ4v) is 2.34. The van der Waals surface area contributed by atoms with E-state index in [1.807, 2.05) is 36.4 Å². The Labute approximate surface area is 128 Å². The monoisotopic (exact) mass is 280 g/mol. The Kier molecular flexibility index (Phi) is 4.62. The molecule has 2 aromatic carbocycles. The Morgan fingerprint density at radius 2 is 1.33 bits per heavy atom. The van der Waals surface area contributed by atoms with Gasteiger partial charge in [-0.1, -0.05) is 76.2 Å². The summed E-state index contributed by atoms with van der Waals surface area (Å²) in [5.41, 5.74) is 4.21. The normalized spacial score (nSPS) is 11.4. The van der Waals surface area contributed by atoms with Gasteiger partial charge in [-0.3, -0.25) is 4.79 Å². The van der Waals surface area contributed by atoms with E-state index in [4.69, 9.17) is 0 Å². The molecule has 2 aromatic rings. The van der Waals surface area contributed by atoms with E-state index in [-0.39, 0.29) is 11.2 Å². The average Bonchev–Trinajstić information content (AvgIpc) is 2.54. The van der Waals surface area contributed by atoms with E-state index >= 15 is 0 Å². The van der Waals surface area contributed by atoms with Crippen LogP contribution >= 0.6 is 0 Å². The van der Waals surface area contributed by atoms with Gasteiger partial charge in [-0.25, -0.2) is 0 Å². The fourth-order valence-electron chi connectivity index (χ4n) is 2.34. The van der Waals surface area contributed by atoms with Crippen LogP contribution in [0.25, 0.3) is 0 Å². The second kappa shape index (κ2) is 6.26. The molecule has 0 saturated carbocycles. The molecule has 0 saturated heterocycles. The van der Waals surface area contributed by atoms with Gasteiger partial charge in [0, 0.05) is 11.1 Å². The molecule has 110 valence electrons. The van der Waals surface area contributed by atoms with Crippen LogP contribution in [0.3, 0.4) is 0 Å². The highest BCUT2D eigenvalue weighted by molar-refractivity contribution is 6.09. The maximum Gasteiger partial charge on any atom is 0.193 e. The lowest BCUT2D eigenvalue weighted by atomic mass is 9.82. The van der Waals surface area contributed by atoms with Gasteiger partial charge in [0.1, 0.15) is 0 Å². The quantitative estimate of drug-likeness (QED) is 0.691. The third kappa shape index (κ3) is 3.41. The van der Waals surface area contributed by atoms with Crippen LogP contribution < -0.4 is 0 Å². The molecule has 0 heterocycles. The number of benzene rings is 2. The zero-order chi connectivity index (χ0) is 15.5. The molecule has 0 aromatic heterocycles. The summed E-state index contributed by atoms with van der Waals surface area (Å²) in [5, 5.41) is 0. The zero-order valence-corrected chi connectivity index (χ0v) is 13.4. The number of carbonyl (C=O) groups is 1. The molecule has 0 aliphatic carbocycles. The van der Waals surface area contributed by atoms with Crippen molar-refractivity contribution in [1.82, 2.24) is 0 Å². The van der Waals surface area contributed by atoms with Crippen molar-refractivity contribution >= 4 is 5.78 Å². The Balaban J connectivity index is 2.23. The molecule has 0 fully saturated rings. The molecular formula is C20H24O. The Bertz CT molecular complexity index is 603. The molecular weight excluding hydrogens is 256 g/mol. The summed E-state index contributed by atoms with van der Waals surface area (Å²) in [4.78, 5) is 12.5. The van der Waals surface area contributed by atoms with Gasteiger partial charge in [-0.2, -0.15) is 0 Å². The van der Waals surface area contributed by atoms with E-state index in [1.165, 1.54) is 11.1 Å². The molecule has 0 radical (unpaired) electrons. The third-order valence-electron chi connectivity index (χ3n) is 4.44. The minimum atomic E-state index is 0.0958. The fraction of sp³-hybridized carbons (Fsp3) is 0.350. The first-order valence-corrected chi connectivity index (χ1v) is 7.72. The van der Waals surface area contributed by atoms with Gasteiger partial charge in [0.05, 0.1) is 0 Å². The number of hydrogen-bond acceptors (Lipinski definition) is 1. The number of rotatable bonds is 5. The van der Waals surface area contributed by atoms with Crippen molar-refractivity contribution in [3.63, 3.8) is 0 Å². The van der Waals surface area contributed by atoms with E-state index in [9.17, 15) is 4.79 Å². The van der Waals surface area contributed by atoms with Gasteiger partial charge >= 0.3 is 0 Å². The molecule has 0 atom stereocenters. The molecule has 0 spiro atoms. The van der Waals surface area contributed by atoms with Crippen LogP contribution in [0, 0.1) is 0 Å². The largest absolute Gasteiger partial charge is 0.289 e. The molecule has 0 aliphatic rings. The lowest BCUT2D eigenvalue weighted by Crippen LogP contribution is -2.15. The summed E-state index contributed by atoms with van der Waals surface area (Å²) >= 11 is 0. The van der Waals surface area contributed by atoms with Crippen molar-refractivity contribution in [1.29, 1.82) is 0 Å². The van der Waals surface area contributed by atoms with Crippen LogP contribution in [0.1, 0.15) is 61.2 Å². The first-order chi connectivity index (χ1) is 9.97. The molecule has 1 heteroatoms. The summed E-state index contributed by atoms with van der Waals surface area (Å²) in [6, 6.07) is 16.0. The number of aryl methyl sites for hydroxylation is 1. The van der Waals surface area contributed by atoms with Gasteiger partial charge in [0.25, 0.3) is 0 Å². The van der Waals surface area contributed by atoms with Crippen LogP contribution in [-0.2, 0) is 11.8 Å². The molecule has 0 unspecified atom stereocenters. The van der Waals surface area contributed by atoms with Crippen LogP contribution in [0.2, 0.25) is 0 Å². The van der Waals surface area contributed by atoms with Gasteiger partial charge in [0.2, 0.25) is 0 Å². The summed E-state index contributed by atoms with van der Waals surface area (Å²) in [5.74, 6) is 0.0958. The summed E-state index contributed by atoms with van der Waals surface area (Å²) < 4.78 is 0. The van der Waals surface area contributed by atoms with Gasteiger partial charge in [-0.05, 0) is 29.4 Å². The smallest absolute Gasteiger partial charge is 0.193 e. The Morgan fingerprint density at radius 1 is 0.857 bits per heavy atom. The van der Waals surface area contributed by atoms with E-state index in [1.54, 1.807) is 0 Å². The molecule has 0 bridgehead atoms. The summed E-state index contributed by atoms with van der Waals surface area (Å²) in [7, 11) is 0. The Morgan fingerprint density at radius 3 is 1.76 bits per heavy atom. The topological polar surface area (TPSA) is 17.1 Å². The first-order valence-electron chi connectivity index (χ1n) is 7.72. The molecule has 2 rings (SSSR count). The van der Waals surface area contributed by atoms with Crippen LogP contribution in [0.5, 0.6) is 0 Å². The molecule has 0 aliphatic heterocycles. The van der Waals surface area contributed by atoms with Gasteiger partial charge in [-0.15, -0.1) is 0 Å². The standard InChI is InChI=1S/C20H24O/c1-5-15-7-9-16(10-8-15)19(21)17-11-13-18(14-12-17)20(3,4)6-2/h7-14H,5-6H2,1-4H3. The van der Waals surface area contributed by atoms with Crippen LogP contribution in [0.15, 0.2) is 48.5 Å². The minimum absolute atomic E-state index is 0.0958.